The minimum Gasteiger partial charge on any atom is -0.301 e. The molecule has 10 heteroatoms. The molecule has 0 saturated carbocycles. The standard InChI is InChI=1S/C21H24N6OS3/c1-11-5-6-12-13(7-11)31-18-16(12)17-25-26-20(27(17)10-22-18)30-9-15(28)24-19-23-14(8-29-19)21(2,3)4/h8,10-11H,5-7,9H2,1-4H3,(H,23,24,28). The van der Waals surface area contributed by atoms with Crippen LogP contribution in [0.25, 0.3) is 15.9 Å². The molecule has 1 amide bonds. The molecule has 1 aliphatic carbocycles. The lowest BCUT2D eigenvalue weighted by Gasteiger charge is -2.17. The first-order valence-electron chi connectivity index (χ1n) is 10.3. The number of thioether (sulfide) groups is 1. The van der Waals surface area contributed by atoms with Crippen LogP contribution in [-0.4, -0.2) is 36.2 Å². The number of aryl methyl sites for hydroxylation is 1. The van der Waals surface area contributed by atoms with Crippen molar-refractivity contribution in [3.05, 3.63) is 27.8 Å². The van der Waals surface area contributed by atoms with Crippen molar-refractivity contribution in [3.8, 4) is 0 Å². The first-order valence-corrected chi connectivity index (χ1v) is 13.0. The monoisotopic (exact) mass is 472 g/mol. The number of thiazole rings is 1. The van der Waals surface area contributed by atoms with E-state index in [4.69, 9.17) is 0 Å². The van der Waals surface area contributed by atoms with Crippen LogP contribution in [0, 0.1) is 5.92 Å². The summed E-state index contributed by atoms with van der Waals surface area (Å²) < 4.78 is 1.91. The maximum absolute atomic E-state index is 12.5. The molecule has 1 N–H and O–H groups in total. The number of aromatic nitrogens is 5. The fourth-order valence-electron chi connectivity index (χ4n) is 3.78. The highest BCUT2D eigenvalue weighted by atomic mass is 32.2. The van der Waals surface area contributed by atoms with Crippen LogP contribution in [0.15, 0.2) is 16.9 Å². The Labute approximate surface area is 192 Å². The highest BCUT2D eigenvalue weighted by Gasteiger charge is 2.24. The molecule has 0 spiro atoms. The molecular weight excluding hydrogens is 448 g/mol. The predicted molar refractivity (Wildman–Crippen MR) is 128 cm³/mol. The van der Waals surface area contributed by atoms with E-state index in [1.807, 2.05) is 9.78 Å². The average molecular weight is 473 g/mol. The van der Waals surface area contributed by atoms with Gasteiger partial charge in [-0.2, -0.15) is 0 Å². The SMILES string of the molecule is CC1CCc2c(sc3ncn4c(SCC(=O)Nc5nc(C(C)(C)C)cs5)nnc4c23)C1. The molecule has 0 aliphatic heterocycles. The van der Waals surface area contributed by atoms with Gasteiger partial charge in [-0.3, -0.25) is 9.20 Å². The van der Waals surface area contributed by atoms with E-state index >= 15 is 0 Å². The summed E-state index contributed by atoms with van der Waals surface area (Å²) in [6.45, 7) is 8.63. The van der Waals surface area contributed by atoms with Crippen molar-refractivity contribution >= 4 is 61.3 Å². The lowest BCUT2D eigenvalue weighted by molar-refractivity contribution is -0.113. The number of nitrogens with zero attached hydrogens (tertiary/aromatic N) is 5. The van der Waals surface area contributed by atoms with Crippen LogP contribution in [0.1, 0.15) is 50.3 Å². The summed E-state index contributed by atoms with van der Waals surface area (Å²) in [4.78, 5) is 24.1. The van der Waals surface area contributed by atoms with E-state index in [1.165, 1.54) is 40.0 Å². The van der Waals surface area contributed by atoms with E-state index in [9.17, 15) is 4.79 Å². The normalized spacial score (nSPS) is 16.7. The number of carbonyl (C=O) groups is 1. The van der Waals surface area contributed by atoms with Gasteiger partial charge in [-0.05, 0) is 30.7 Å². The Morgan fingerprint density at radius 1 is 1.35 bits per heavy atom. The maximum Gasteiger partial charge on any atom is 0.236 e. The number of rotatable bonds is 4. The number of hydrogen-bond donors (Lipinski definition) is 1. The average Bonchev–Trinajstić information content (AvgIpc) is 3.41. The molecule has 31 heavy (non-hydrogen) atoms. The van der Waals surface area contributed by atoms with Crippen LogP contribution >= 0.6 is 34.4 Å². The van der Waals surface area contributed by atoms with Gasteiger partial charge in [-0.1, -0.05) is 39.5 Å². The van der Waals surface area contributed by atoms with Gasteiger partial charge >= 0.3 is 0 Å². The fourth-order valence-corrected chi connectivity index (χ4v) is 6.78. The Balaban J connectivity index is 1.33. The number of fused-ring (bicyclic) bond motifs is 5. The van der Waals surface area contributed by atoms with E-state index in [2.05, 4.69) is 53.2 Å². The largest absolute Gasteiger partial charge is 0.301 e. The van der Waals surface area contributed by atoms with Crippen LogP contribution < -0.4 is 5.32 Å². The highest BCUT2D eigenvalue weighted by molar-refractivity contribution is 7.99. The topological polar surface area (TPSA) is 85.1 Å². The zero-order valence-electron chi connectivity index (χ0n) is 17.9. The van der Waals surface area contributed by atoms with E-state index in [1.54, 1.807) is 17.7 Å². The molecule has 5 rings (SSSR count). The second-order valence-electron chi connectivity index (χ2n) is 9.08. The first kappa shape index (κ1) is 20.8. The summed E-state index contributed by atoms with van der Waals surface area (Å²) in [5.41, 5.74) is 3.17. The van der Waals surface area contributed by atoms with Crippen molar-refractivity contribution in [3.63, 3.8) is 0 Å². The quantitative estimate of drug-likeness (QED) is 0.423. The van der Waals surface area contributed by atoms with Gasteiger partial charge in [0.2, 0.25) is 5.91 Å². The van der Waals surface area contributed by atoms with Crippen molar-refractivity contribution in [2.75, 3.05) is 11.1 Å². The Bertz CT molecular complexity index is 1280. The number of anilines is 1. The number of nitrogens with one attached hydrogen (secondary N) is 1. The molecule has 4 aromatic rings. The summed E-state index contributed by atoms with van der Waals surface area (Å²) in [5.74, 6) is 0.853. The summed E-state index contributed by atoms with van der Waals surface area (Å²) in [7, 11) is 0. The molecule has 7 nitrogen and oxygen atoms in total. The summed E-state index contributed by atoms with van der Waals surface area (Å²) in [6, 6.07) is 0. The fraction of sp³-hybridized carbons (Fsp3) is 0.476. The summed E-state index contributed by atoms with van der Waals surface area (Å²) in [6.07, 6.45) is 5.16. The van der Waals surface area contributed by atoms with E-state index in [0.717, 1.165) is 40.3 Å². The van der Waals surface area contributed by atoms with Crippen LogP contribution in [0.2, 0.25) is 0 Å². The van der Waals surface area contributed by atoms with Gasteiger partial charge < -0.3 is 5.32 Å². The van der Waals surface area contributed by atoms with Gasteiger partial charge in [0.15, 0.2) is 15.9 Å². The van der Waals surface area contributed by atoms with Gasteiger partial charge in [0, 0.05) is 15.7 Å². The smallest absolute Gasteiger partial charge is 0.236 e. The van der Waals surface area contributed by atoms with Crippen molar-refractivity contribution in [1.29, 1.82) is 0 Å². The maximum atomic E-state index is 12.5. The molecule has 1 unspecified atom stereocenters. The Morgan fingerprint density at radius 3 is 2.97 bits per heavy atom. The van der Waals surface area contributed by atoms with Crippen LogP contribution in [0.3, 0.4) is 0 Å². The first-order chi connectivity index (χ1) is 14.8. The molecular formula is C21H24N6OS3. The van der Waals surface area contributed by atoms with E-state index < -0.39 is 0 Å². The third-order valence-corrected chi connectivity index (χ3v) is 8.39. The molecule has 0 bridgehead atoms. The molecule has 4 aromatic heterocycles. The molecule has 162 valence electrons. The third-order valence-electron chi connectivity index (χ3n) is 5.52. The molecule has 0 aromatic carbocycles. The van der Waals surface area contributed by atoms with E-state index in [0.29, 0.717) is 10.3 Å². The highest BCUT2D eigenvalue weighted by Crippen LogP contribution is 2.39. The lowest BCUT2D eigenvalue weighted by Crippen LogP contribution is -2.15. The van der Waals surface area contributed by atoms with Crippen molar-refractivity contribution < 1.29 is 4.79 Å². The van der Waals surface area contributed by atoms with Gasteiger partial charge in [0.25, 0.3) is 0 Å². The Hall–Kier alpha value is -2.04. The van der Waals surface area contributed by atoms with Gasteiger partial charge in [0.1, 0.15) is 11.2 Å². The summed E-state index contributed by atoms with van der Waals surface area (Å²) >= 11 is 4.60. The van der Waals surface area contributed by atoms with Crippen LogP contribution in [-0.2, 0) is 23.1 Å². The molecule has 1 atom stereocenters. The minimum absolute atomic E-state index is 0.0358. The van der Waals surface area contributed by atoms with Crippen molar-refractivity contribution in [2.24, 2.45) is 5.92 Å². The second kappa shape index (κ2) is 7.83. The Kier molecular flexibility index (Phi) is 5.26. The van der Waals surface area contributed by atoms with Crippen LogP contribution in [0.4, 0.5) is 5.13 Å². The van der Waals surface area contributed by atoms with Crippen molar-refractivity contribution in [2.45, 2.75) is 57.5 Å². The lowest BCUT2D eigenvalue weighted by atomic mass is 9.89. The molecule has 0 radical (unpaired) electrons. The molecule has 4 heterocycles. The zero-order chi connectivity index (χ0) is 21.8. The minimum atomic E-state index is -0.104. The summed E-state index contributed by atoms with van der Waals surface area (Å²) in [5, 5.41) is 16.1. The number of amides is 1. The van der Waals surface area contributed by atoms with Gasteiger partial charge in [-0.15, -0.1) is 32.9 Å². The number of carbonyl (C=O) groups excluding carboxylic acids is 1. The third kappa shape index (κ3) is 3.96. The second-order valence-corrected chi connectivity index (χ2v) is 12.0. The van der Waals surface area contributed by atoms with Gasteiger partial charge in [0.05, 0.1) is 16.8 Å². The molecule has 1 aliphatic rings. The zero-order valence-corrected chi connectivity index (χ0v) is 20.4. The van der Waals surface area contributed by atoms with E-state index in [-0.39, 0.29) is 17.1 Å². The molecule has 0 saturated heterocycles. The predicted octanol–water partition coefficient (Wildman–Crippen LogP) is 4.95. The van der Waals surface area contributed by atoms with Crippen LogP contribution in [0.5, 0.6) is 0 Å². The Morgan fingerprint density at radius 2 is 2.19 bits per heavy atom. The number of hydrogen-bond acceptors (Lipinski definition) is 8. The van der Waals surface area contributed by atoms with Crippen molar-refractivity contribution in [1.82, 2.24) is 24.6 Å². The molecule has 0 fully saturated rings. The van der Waals surface area contributed by atoms with Gasteiger partial charge in [-0.25, -0.2) is 9.97 Å². The number of thiophene rings is 1.